The van der Waals surface area contributed by atoms with E-state index in [1.807, 2.05) is 12.1 Å². The molecule has 0 fully saturated rings. The molecule has 1 aliphatic rings. The maximum absolute atomic E-state index is 11.5. The Morgan fingerprint density at radius 1 is 1.25 bits per heavy atom. The molecule has 0 saturated carbocycles. The lowest BCUT2D eigenvalue weighted by atomic mass is 10.0. The minimum Gasteiger partial charge on any atom is -0.294 e. The third kappa shape index (κ3) is 2.15. The van der Waals surface area contributed by atoms with E-state index in [0.29, 0.717) is 0 Å². The van der Waals surface area contributed by atoms with E-state index in [4.69, 9.17) is 0 Å². The Kier molecular flexibility index (Phi) is 3.35. The maximum Gasteiger partial charge on any atom is 0.160 e. The van der Waals surface area contributed by atoms with Gasteiger partial charge in [-0.15, -0.1) is 0 Å². The number of hydrogen-bond acceptors (Lipinski definition) is 2. The van der Waals surface area contributed by atoms with Crippen molar-refractivity contribution in [1.29, 1.82) is 0 Å². The first-order chi connectivity index (χ1) is 7.59. The maximum atomic E-state index is 11.5. The summed E-state index contributed by atoms with van der Waals surface area (Å²) in [6.07, 6.45) is 4.21. The Labute approximate surface area is 106 Å². The van der Waals surface area contributed by atoms with Crippen molar-refractivity contribution in [3.63, 3.8) is 0 Å². The highest BCUT2D eigenvalue weighted by atomic mass is 127. The molecule has 0 aliphatic carbocycles. The molecule has 2 nitrogen and oxygen atoms in total. The number of hydrogen-bond donors (Lipinski definition) is 0. The second-order valence-corrected chi connectivity index (χ2v) is 6.71. The van der Waals surface area contributed by atoms with Crippen LogP contribution in [-0.2, 0) is 0 Å². The number of rotatable bonds is 2. The largest absolute Gasteiger partial charge is 0.294 e. The SMILES string of the molecule is CC(=O)c1cccc2c1C=CC(N(C)C)=I2. The average molecular weight is 327 g/mol. The molecule has 84 valence electrons. The van der Waals surface area contributed by atoms with Crippen LogP contribution in [0.4, 0.5) is 0 Å². The van der Waals surface area contributed by atoms with Crippen LogP contribution >= 0.6 is 20.7 Å². The quantitative estimate of drug-likeness (QED) is 0.615. The minimum absolute atomic E-state index is 0.150. The molecule has 1 aliphatic heterocycles. The number of likely N-dealkylation sites (N-methyl/N-ethyl adjacent to an activating group) is 1. The van der Waals surface area contributed by atoms with Gasteiger partial charge in [0.15, 0.2) is 5.78 Å². The summed E-state index contributed by atoms with van der Waals surface area (Å²) in [6, 6.07) is 6.04. The number of ketones is 1. The van der Waals surface area contributed by atoms with E-state index in [1.54, 1.807) is 6.92 Å². The van der Waals surface area contributed by atoms with E-state index in [1.165, 1.54) is 7.20 Å². The highest BCUT2D eigenvalue weighted by molar-refractivity contribution is 14.2. The smallest absolute Gasteiger partial charge is 0.160 e. The molecule has 3 heteroatoms. The zero-order valence-corrected chi connectivity index (χ0v) is 11.8. The minimum atomic E-state index is -0.150. The highest BCUT2D eigenvalue weighted by Crippen LogP contribution is 2.28. The number of nitrogens with zero attached hydrogens (tertiary/aromatic N) is 1. The van der Waals surface area contributed by atoms with Gasteiger partial charge in [0.1, 0.15) is 0 Å². The summed E-state index contributed by atoms with van der Waals surface area (Å²) >= 11 is -0.150. The van der Waals surface area contributed by atoms with E-state index in [2.05, 4.69) is 37.2 Å². The van der Waals surface area contributed by atoms with Crippen LogP contribution in [-0.4, -0.2) is 28.4 Å². The zero-order chi connectivity index (χ0) is 11.7. The van der Waals surface area contributed by atoms with E-state index in [9.17, 15) is 4.79 Å². The third-order valence-corrected chi connectivity index (χ3v) is 5.84. The van der Waals surface area contributed by atoms with E-state index in [0.717, 1.165) is 11.1 Å². The van der Waals surface area contributed by atoms with Crippen molar-refractivity contribution < 1.29 is 4.79 Å². The number of fused-ring (bicyclic) bond motifs is 1. The fourth-order valence-corrected chi connectivity index (χ4v) is 4.20. The molecule has 0 spiro atoms. The number of carbonyl (C=O) groups excluding carboxylic acids is 1. The highest BCUT2D eigenvalue weighted by Gasteiger charge is 2.12. The zero-order valence-electron chi connectivity index (χ0n) is 9.62. The van der Waals surface area contributed by atoms with Crippen molar-refractivity contribution in [2.45, 2.75) is 6.92 Å². The summed E-state index contributed by atoms with van der Waals surface area (Å²) in [4.78, 5) is 13.7. The van der Waals surface area contributed by atoms with Gasteiger partial charge in [-0.05, 0) is 38.7 Å². The predicted octanol–water partition coefficient (Wildman–Crippen LogP) is 2.75. The Bertz CT molecular complexity index is 501. The molecule has 16 heavy (non-hydrogen) atoms. The number of benzene rings is 1. The molecule has 0 N–H and O–H groups in total. The molecule has 0 bridgehead atoms. The lowest BCUT2D eigenvalue weighted by molar-refractivity contribution is 0.101. The first-order valence-corrected chi connectivity index (χ1v) is 7.26. The lowest BCUT2D eigenvalue weighted by Gasteiger charge is -2.16. The molecule has 0 radical (unpaired) electrons. The molecular formula is C13H14INO. The molecule has 2 rings (SSSR count). The molecule has 0 unspecified atom stereocenters. The first-order valence-electron chi connectivity index (χ1n) is 5.10. The van der Waals surface area contributed by atoms with Crippen molar-refractivity contribution in [2.75, 3.05) is 14.1 Å². The van der Waals surface area contributed by atoms with Crippen LogP contribution in [0.25, 0.3) is 6.08 Å². The summed E-state index contributed by atoms with van der Waals surface area (Å²) in [5.41, 5.74) is 1.99. The van der Waals surface area contributed by atoms with Crippen LogP contribution in [0.3, 0.4) is 0 Å². The van der Waals surface area contributed by atoms with Gasteiger partial charge in [0, 0.05) is 9.13 Å². The van der Waals surface area contributed by atoms with Gasteiger partial charge < -0.3 is 0 Å². The number of carbonyl (C=O) groups is 1. The molecule has 0 saturated heterocycles. The molecule has 0 aromatic heterocycles. The van der Waals surface area contributed by atoms with Crippen molar-refractivity contribution in [3.05, 3.63) is 39.0 Å². The fraction of sp³-hybridized carbons (Fsp3) is 0.231. The van der Waals surface area contributed by atoms with Gasteiger partial charge in [0.25, 0.3) is 0 Å². The van der Waals surface area contributed by atoms with E-state index < -0.39 is 0 Å². The molecule has 0 amide bonds. The van der Waals surface area contributed by atoms with Gasteiger partial charge >= 0.3 is 0 Å². The van der Waals surface area contributed by atoms with Crippen LogP contribution in [0.15, 0.2) is 24.3 Å². The van der Waals surface area contributed by atoms with Gasteiger partial charge in [0.05, 0.1) is 3.63 Å². The molecule has 1 aromatic carbocycles. The molecule has 1 heterocycles. The van der Waals surface area contributed by atoms with Gasteiger partial charge in [-0.1, -0.05) is 38.9 Å². The summed E-state index contributed by atoms with van der Waals surface area (Å²) in [6.45, 7) is 1.63. The van der Waals surface area contributed by atoms with E-state index >= 15 is 0 Å². The van der Waals surface area contributed by atoms with Gasteiger partial charge in [-0.2, -0.15) is 0 Å². The van der Waals surface area contributed by atoms with Crippen LogP contribution in [0, 0.1) is 3.57 Å². The Morgan fingerprint density at radius 2 is 2.00 bits per heavy atom. The van der Waals surface area contributed by atoms with Gasteiger partial charge in [0.2, 0.25) is 0 Å². The van der Waals surface area contributed by atoms with Crippen LogP contribution in [0.5, 0.6) is 0 Å². The van der Waals surface area contributed by atoms with Crippen molar-refractivity contribution in [2.24, 2.45) is 0 Å². The second-order valence-electron chi connectivity index (χ2n) is 3.90. The van der Waals surface area contributed by atoms with Crippen molar-refractivity contribution >= 4 is 36.2 Å². The van der Waals surface area contributed by atoms with Crippen LogP contribution in [0.1, 0.15) is 22.8 Å². The first kappa shape index (κ1) is 11.7. The van der Waals surface area contributed by atoms with Crippen molar-refractivity contribution in [3.8, 4) is 0 Å². The number of Topliss-reactive ketones (excluding diaryl/α,β-unsaturated/α-hetero) is 1. The predicted molar refractivity (Wildman–Crippen MR) is 76.9 cm³/mol. The monoisotopic (exact) mass is 327 g/mol. The Morgan fingerprint density at radius 3 is 2.62 bits per heavy atom. The summed E-state index contributed by atoms with van der Waals surface area (Å²) in [5, 5.41) is 0. The molecule has 1 aromatic rings. The van der Waals surface area contributed by atoms with Crippen molar-refractivity contribution in [1.82, 2.24) is 4.90 Å². The summed E-state index contributed by atoms with van der Waals surface area (Å²) in [5.74, 6) is 0.152. The molecular weight excluding hydrogens is 313 g/mol. The average Bonchev–Trinajstić information content (AvgIpc) is 2.27. The fourth-order valence-electron chi connectivity index (χ4n) is 1.62. The van der Waals surface area contributed by atoms with Gasteiger partial charge in [-0.3, -0.25) is 9.69 Å². The van der Waals surface area contributed by atoms with Crippen LogP contribution < -0.4 is 0 Å². The Hall–Kier alpha value is -0.810. The number of halogens is 1. The normalized spacial score (nSPS) is 14.1. The Balaban J connectivity index is 2.55. The lowest BCUT2D eigenvalue weighted by Crippen LogP contribution is -2.19. The summed E-state index contributed by atoms with van der Waals surface area (Å²) < 4.78 is 2.73. The standard InChI is InChI=1S/C13H14INO/c1-9(16)10-5-4-6-12-11(10)7-8-13(14-12)15(2)3/h4-8H,1-3H3. The van der Waals surface area contributed by atoms with Gasteiger partial charge in [-0.25, -0.2) is 0 Å². The third-order valence-electron chi connectivity index (χ3n) is 2.45. The van der Waals surface area contributed by atoms with Crippen LogP contribution in [0.2, 0.25) is 0 Å². The van der Waals surface area contributed by atoms with E-state index in [-0.39, 0.29) is 26.5 Å². The molecule has 0 atom stereocenters. The summed E-state index contributed by atoms with van der Waals surface area (Å²) in [7, 11) is 4.14. The second kappa shape index (κ2) is 4.59. The topological polar surface area (TPSA) is 20.3 Å².